The monoisotopic (exact) mass is 553 g/mol. The van der Waals surface area contributed by atoms with Gasteiger partial charge in [-0.3, -0.25) is 9.48 Å². The lowest BCUT2D eigenvalue weighted by molar-refractivity contribution is -0.143. The Morgan fingerprint density at radius 3 is 2.55 bits per heavy atom. The number of benzene rings is 2. The average Bonchev–Trinajstić information content (AvgIpc) is 3.50. The first-order chi connectivity index (χ1) is 19.2. The number of aromatic nitrogens is 4. The van der Waals surface area contributed by atoms with Gasteiger partial charge in [0, 0.05) is 43.5 Å². The molecular weight excluding hydrogens is 523 g/mol. The summed E-state index contributed by atoms with van der Waals surface area (Å²) in [6.07, 6.45) is 4.68. The molecular formula is C29H30F3N5O3. The first-order valence-corrected chi connectivity index (χ1v) is 13.4. The summed E-state index contributed by atoms with van der Waals surface area (Å²) < 4.78 is 51.5. The Hall–Kier alpha value is -4.02. The van der Waals surface area contributed by atoms with Crippen LogP contribution >= 0.6 is 0 Å². The predicted octanol–water partition coefficient (Wildman–Crippen LogP) is 5.35. The molecule has 8 nitrogen and oxygen atoms in total. The molecule has 210 valence electrons. The lowest BCUT2D eigenvalue weighted by Crippen LogP contribution is -2.56. The van der Waals surface area contributed by atoms with E-state index >= 15 is 4.39 Å². The molecule has 2 aromatic heterocycles. The molecule has 11 heteroatoms. The standard InChI is InChI=1S/C29H30F3N5O3/c1-35-11-10-19(34-35)15-40-21-12-24(30)26-25(13-21)37(27(33-26)22-4-2-3-5-23(22)28(38)39)14-18-6-8-20(9-7-18)36-16-29(31,32)17-36/h6-13,22-23H,2-5,14-17H2,1H3,(H,38,39)/t22-,23?/m1/s1. The van der Waals surface area contributed by atoms with E-state index in [9.17, 15) is 18.7 Å². The number of ether oxygens (including phenoxy) is 1. The normalized spacial score (nSPS) is 20.4. The van der Waals surface area contributed by atoms with E-state index in [0.717, 1.165) is 18.4 Å². The van der Waals surface area contributed by atoms with Crippen LogP contribution in [0, 0.1) is 11.7 Å². The topological polar surface area (TPSA) is 85.4 Å². The number of aryl methyl sites for hydroxylation is 1. The zero-order valence-electron chi connectivity index (χ0n) is 22.1. The van der Waals surface area contributed by atoms with Crippen molar-refractivity contribution in [2.45, 2.75) is 50.7 Å². The minimum atomic E-state index is -2.66. The zero-order chi connectivity index (χ0) is 28.0. The summed E-state index contributed by atoms with van der Waals surface area (Å²) >= 11 is 0. The fourth-order valence-electron chi connectivity index (χ4n) is 5.83. The van der Waals surface area contributed by atoms with Crippen molar-refractivity contribution >= 4 is 22.7 Å². The van der Waals surface area contributed by atoms with Gasteiger partial charge >= 0.3 is 5.97 Å². The van der Waals surface area contributed by atoms with E-state index in [1.165, 1.54) is 6.07 Å². The van der Waals surface area contributed by atoms with Crippen LogP contribution in [0.25, 0.3) is 11.0 Å². The maximum atomic E-state index is 15.4. The Kier molecular flexibility index (Phi) is 6.67. The van der Waals surface area contributed by atoms with Crippen LogP contribution in [0.15, 0.2) is 48.7 Å². The highest BCUT2D eigenvalue weighted by Gasteiger charge is 2.43. The second-order valence-corrected chi connectivity index (χ2v) is 10.8. The summed E-state index contributed by atoms with van der Waals surface area (Å²) in [6, 6.07) is 12.1. The summed E-state index contributed by atoms with van der Waals surface area (Å²) in [6.45, 7) is -0.134. The van der Waals surface area contributed by atoms with E-state index < -0.39 is 23.6 Å². The lowest BCUT2D eigenvalue weighted by Gasteiger charge is -2.40. The Balaban J connectivity index is 1.36. The molecule has 2 aromatic carbocycles. The van der Waals surface area contributed by atoms with Crippen molar-refractivity contribution in [2.75, 3.05) is 18.0 Å². The van der Waals surface area contributed by atoms with Crippen molar-refractivity contribution in [3.63, 3.8) is 0 Å². The van der Waals surface area contributed by atoms with Crippen LogP contribution in [0.3, 0.4) is 0 Å². The number of fused-ring (bicyclic) bond motifs is 1. The van der Waals surface area contributed by atoms with Gasteiger partial charge in [-0.05, 0) is 36.6 Å². The maximum absolute atomic E-state index is 15.4. The van der Waals surface area contributed by atoms with Crippen molar-refractivity contribution in [1.82, 2.24) is 19.3 Å². The van der Waals surface area contributed by atoms with Crippen LogP contribution in [0.5, 0.6) is 5.75 Å². The maximum Gasteiger partial charge on any atom is 0.307 e. The third-order valence-electron chi connectivity index (χ3n) is 7.87. The highest BCUT2D eigenvalue weighted by atomic mass is 19.3. The molecule has 1 N–H and O–H groups in total. The van der Waals surface area contributed by atoms with E-state index in [4.69, 9.17) is 4.74 Å². The third-order valence-corrected chi connectivity index (χ3v) is 7.87. The van der Waals surface area contributed by atoms with Gasteiger partial charge in [-0.2, -0.15) is 5.10 Å². The molecule has 1 aliphatic carbocycles. The molecule has 0 spiro atoms. The molecule has 0 bridgehead atoms. The van der Waals surface area contributed by atoms with Crippen molar-refractivity contribution in [2.24, 2.45) is 13.0 Å². The van der Waals surface area contributed by atoms with Crippen LogP contribution in [-0.4, -0.2) is 49.4 Å². The van der Waals surface area contributed by atoms with E-state index in [1.807, 2.05) is 22.8 Å². The predicted molar refractivity (Wildman–Crippen MR) is 142 cm³/mol. The molecule has 3 heterocycles. The first kappa shape index (κ1) is 26.2. The number of hydrogen-bond acceptors (Lipinski definition) is 5. The second-order valence-electron chi connectivity index (χ2n) is 10.8. The van der Waals surface area contributed by atoms with E-state index in [2.05, 4.69) is 10.1 Å². The van der Waals surface area contributed by atoms with Gasteiger partial charge in [0.05, 0.1) is 30.2 Å². The van der Waals surface area contributed by atoms with Crippen molar-refractivity contribution < 1.29 is 27.8 Å². The van der Waals surface area contributed by atoms with Gasteiger partial charge in [0.2, 0.25) is 0 Å². The molecule has 4 aromatic rings. The number of halogens is 3. The van der Waals surface area contributed by atoms with E-state index in [0.29, 0.717) is 47.9 Å². The van der Waals surface area contributed by atoms with Gasteiger partial charge in [0.25, 0.3) is 5.92 Å². The summed E-state index contributed by atoms with van der Waals surface area (Å²) in [7, 11) is 1.80. The fourth-order valence-corrected chi connectivity index (χ4v) is 5.83. The Morgan fingerprint density at radius 2 is 1.88 bits per heavy atom. The molecule has 1 unspecified atom stereocenters. The molecule has 1 saturated carbocycles. The molecule has 40 heavy (non-hydrogen) atoms. The Bertz CT molecular complexity index is 1540. The number of aliphatic carboxylic acids is 1. The molecule has 2 aliphatic rings. The third kappa shape index (κ3) is 5.12. The van der Waals surface area contributed by atoms with E-state index in [1.54, 1.807) is 41.0 Å². The summed E-state index contributed by atoms with van der Waals surface area (Å²) in [5.41, 5.74) is 2.93. The van der Waals surface area contributed by atoms with Gasteiger partial charge < -0.3 is 19.3 Å². The van der Waals surface area contributed by atoms with Crippen LogP contribution in [0.2, 0.25) is 0 Å². The van der Waals surface area contributed by atoms with Gasteiger partial charge in [-0.1, -0.05) is 25.0 Å². The number of rotatable bonds is 8. The average molecular weight is 554 g/mol. The summed E-state index contributed by atoms with van der Waals surface area (Å²) in [5, 5.41) is 14.2. The number of anilines is 1. The fraction of sp³-hybridized carbons (Fsp3) is 0.414. The zero-order valence-corrected chi connectivity index (χ0v) is 22.1. The number of carboxylic acid groups (broad SMARTS) is 1. The molecule has 2 atom stereocenters. The number of alkyl halides is 2. The summed E-state index contributed by atoms with van der Waals surface area (Å²) in [4.78, 5) is 18.4. The molecule has 6 rings (SSSR count). The number of carbonyl (C=O) groups is 1. The molecule has 1 aliphatic heterocycles. The van der Waals surface area contributed by atoms with Crippen LogP contribution < -0.4 is 9.64 Å². The molecule has 2 fully saturated rings. The van der Waals surface area contributed by atoms with Gasteiger partial charge in [-0.15, -0.1) is 0 Å². The quantitative estimate of drug-likeness (QED) is 0.317. The molecule has 1 saturated heterocycles. The van der Waals surface area contributed by atoms with Crippen LogP contribution in [-0.2, 0) is 25.0 Å². The number of nitrogens with zero attached hydrogens (tertiary/aromatic N) is 5. The van der Waals surface area contributed by atoms with Gasteiger partial charge in [0.15, 0.2) is 5.82 Å². The largest absolute Gasteiger partial charge is 0.487 e. The number of hydrogen-bond donors (Lipinski definition) is 1. The number of imidazole rings is 1. The van der Waals surface area contributed by atoms with Crippen molar-refractivity contribution in [3.8, 4) is 5.75 Å². The molecule has 0 radical (unpaired) electrons. The molecule has 0 amide bonds. The van der Waals surface area contributed by atoms with Gasteiger partial charge in [-0.25, -0.2) is 18.2 Å². The minimum Gasteiger partial charge on any atom is -0.487 e. The first-order valence-electron chi connectivity index (χ1n) is 13.4. The Labute approximate surface area is 229 Å². The number of carboxylic acids is 1. The highest BCUT2D eigenvalue weighted by molar-refractivity contribution is 5.79. The lowest BCUT2D eigenvalue weighted by atomic mass is 9.78. The van der Waals surface area contributed by atoms with Crippen molar-refractivity contribution in [3.05, 3.63) is 71.6 Å². The second kappa shape index (κ2) is 10.2. The van der Waals surface area contributed by atoms with E-state index in [-0.39, 0.29) is 31.1 Å². The van der Waals surface area contributed by atoms with Crippen molar-refractivity contribution in [1.29, 1.82) is 0 Å². The summed E-state index contributed by atoms with van der Waals surface area (Å²) in [5.74, 6) is -4.21. The smallest absolute Gasteiger partial charge is 0.307 e. The van der Waals surface area contributed by atoms with Crippen LogP contribution in [0.4, 0.5) is 18.9 Å². The Morgan fingerprint density at radius 1 is 1.12 bits per heavy atom. The minimum absolute atomic E-state index is 0.160. The van der Waals surface area contributed by atoms with Gasteiger partial charge in [0.1, 0.15) is 23.7 Å². The highest BCUT2D eigenvalue weighted by Crippen LogP contribution is 2.40. The van der Waals surface area contributed by atoms with Crippen LogP contribution in [0.1, 0.15) is 48.7 Å². The SMILES string of the molecule is Cn1ccc(COc2cc(F)c3nc([C@@H]4CCCCC4C(=O)O)n(Cc4ccc(N5CC(F)(F)C5)cc4)c3c2)n1.